The number of ether oxygens (including phenoxy) is 2. The van der Waals surface area contributed by atoms with E-state index >= 15 is 0 Å². The van der Waals surface area contributed by atoms with Crippen LogP contribution in [0.15, 0.2) is 5.38 Å². The van der Waals surface area contributed by atoms with E-state index in [1.165, 1.54) is 0 Å². The summed E-state index contributed by atoms with van der Waals surface area (Å²) < 4.78 is 10.9. The fraction of sp³-hybridized carbons (Fsp3) is 0.600. The number of hydrogen-bond donors (Lipinski definition) is 0. The quantitative estimate of drug-likeness (QED) is 0.812. The monoisotopic (exact) mass is 348 g/mol. The second-order valence-electron chi connectivity index (χ2n) is 5.71. The number of aromatic nitrogens is 4. The van der Waals surface area contributed by atoms with Crippen molar-refractivity contribution in [3.63, 3.8) is 0 Å². The summed E-state index contributed by atoms with van der Waals surface area (Å²) in [5.74, 6) is 2.04. The highest BCUT2D eigenvalue weighted by atomic mass is 32.1. The summed E-state index contributed by atoms with van der Waals surface area (Å²) in [6.07, 6.45) is 0. The van der Waals surface area contributed by atoms with Crippen molar-refractivity contribution < 1.29 is 9.47 Å². The second kappa shape index (κ2) is 6.96. The van der Waals surface area contributed by atoms with Crippen LogP contribution in [-0.2, 0) is 9.47 Å². The molecule has 4 rings (SSSR count). The Morgan fingerprint density at radius 3 is 1.83 bits per heavy atom. The van der Waals surface area contributed by atoms with Gasteiger partial charge in [-0.05, 0) is 6.92 Å². The Bertz CT molecular complexity index is 661. The molecule has 0 radical (unpaired) electrons. The predicted octanol–water partition coefficient (Wildman–Crippen LogP) is 0.977. The lowest BCUT2D eigenvalue weighted by molar-refractivity contribution is 0.121. The zero-order valence-electron chi connectivity index (χ0n) is 13.6. The molecule has 8 nitrogen and oxygen atoms in total. The summed E-state index contributed by atoms with van der Waals surface area (Å²) in [6.45, 7) is 7.95. The predicted molar refractivity (Wildman–Crippen MR) is 91.7 cm³/mol. The molecule has 2 fully saturated rings. The number of aryl methyl sites for hydroxylation is 1. The number of hydrogen-bond acceptors (Lipinski definition) is 9. The molecule has 0 spiro atoms. The Kier molecular flexibility index (Phi) is 4.54. The highest BCUT2D eigenvalue weighted by molar-refractivity contribution is 7.09. The Morgan fingerprint density at radius 2 is 1.38 bits per heavy atom. The number of anilines is 2. The average molecular weight is 348 g/mol. The molecule has 2 aliphatic heterocycles. The van der Waals surface area contributed by atoms with Gasteiger partial charge in [-0.15, -0.1) is 11.3 Å². The molecule has 0 amide bonds. The summed E-state index contributed by atoms with van der Waals surface area (Å²) in [5, 5.41) is 3.00. The molecular formula is C15H20N6O2S. The Labute approximate surface area is 144 Å². The topological polar surface area (TPSA) is 76.5 Å². The second-order valence-corrected chi connectivity index (χ2v) is 6.77. The van der Waals surface area contributed by atoms with Gasteiger partial charge < -0.3 is 19.3 Å². The third-order valence-corrected chi connectivity index (χ3v) is 4.82. The fourth-order valence-electron chi connectivity index (χ4n) is 2.74. The van der Waals surface area contributed by atoms with Crippen LogP contribution in [0.5, 0.6) is 0 Å². The van der Waals surface area contributed by atoms with Gasteiger partial charge in [-0.3, -0.25) is 0 Å². The number of morpholine rings is 2. The summed E-state index contributed by atoms with van der Waals surface area (Å²) in [7, 11) is 0. The molecule has 0 aliphatic carbocycles. The maximum absolute atomic E-state index is 5.44. The van der Waals surface area contributed by atoms with Crippen LogP contribution < -0.4 is 9.80 Å². The molecule has 0 saturated carbocycles. The maximum Gasteiger partial charge on any atom is 0.230 e. The maximum atomic E-state index is 5.44. The molecule has 4 heterocycles. The Balaban J connectivity index is 1.71. The van der Waals surface area contributed by atoms with E-state index in [9.17, 15) is 0 Å². The van der Waals surface area contributed by atoms with E-state index in [2.05, 4.69) is 24.8 Å². The molecule has 128 valence electrons. The summed E-state index contributed by atoms with van der Waals surface area (Å²) >= 11 is 1.60. The smallest absolute Gasteiger partial charge is 0.230 e. The van der Waals surface area contributed by atoms with Crippen LogP contribution in [-0.4, -0.2) is 72.5 Å². The fourth-order valence-corrected chi connectivity index (χ4v) is 3.34. The van der Waals surface area contributed by atoms with Crippen molar-refractivity contribution in [2.45, 2.75) is 6.92 Å². The normalized spacial score (nSPS) is 18.9. The minimum atomic E-state index is 0.636. The van der Waals surface area contributed by atoms with E-state index in [0.717, 1.165) is 36.9 Å². The first-order valence-electron chi connectivity index (χ1n) is 8.13. The van der Waals surface area contributed by atoms with Gasteiger partial charge in [0, 0.05) is 31.6 Å². The van der Waals surface area contributed by atoms with E-state index in [-0.39, 0.29) is 0 Å². The summed E-state index contributed by atoms with van der Waals surface area (Å²) in [5.41, 5.74) is 0.809. The lowest BCUT2D eigenvalue weighted by Gasteiger charge is -2.30. The highest BCUT2D eigenvalue weighted by Gasteiger charge is 2.21. The zero-order chi connectivity index (χ0) is 16.4. The summed E-state index contributed by atoms with van der Waals surface area (Å²) in [6, 6.07) is 0. The van der Waals surface area contributed by atoms with Crippen molar-refractivity contribution >= 4 is 23.2 Å². The van der Waals surface area contributed by atoms with Gasteiger partial charge in [0.2, 0.25) is 11.9 Å². The van der Waals surface area contributed by atoms with Crippen LogP contribution in [0.1, 0.15) is 5.01 Å². The minimum Gasteiger partial charge on any atom is -0.378 e. The van der Waals surface area contributed by atoms with Crippen LogP contribution in [0.25, 0.3) is 11.5 Å². The van der Waals surface area contributed by atoms with Gasteiger partial charge in [0.15, 0.2) is 5.82 Å². The largest absolute Gasteiger partial charge is 0.378 e. The molecule has 0 N–H and O–H groups in total. The third-order valence-electron chi connectivity index (χ3n) is 4.05. The van der Waals surface area contributed by atoms with Gasteiger partial charge in [0.25, 0.3) is 0 Å². The Hall–Kier alpha value is -1.84. The van der Waals surface area contributed by atoms with Gasteiger partial charge >= 0.3 is 0 Å². The van der Waals surface area contributed by atoms with Crippen molar-refractivity contribution in [1.29, 1.82) is 0 Å². The summed E-state index contributed by atoms with van der Waals surface area (Å²) in [4.78, 5) is 22.9. The molecule has 9 heteroatoms. The molecule has 2 saturated heterocycles. The van der Waals surface area contributed by atoms with E-state index in [1.807, 2.05) is 12.3 Å². The van der Waals surface area contributed by atoms with Gasteiger partial charge in [0.05, 0.1) is 31.4 Å². The van der Waals surface area contributed by atoms with Crippen molar-refractivity contribution in [3.8, 4) is 11.5 Å². The first-order chi connectivity index (χ1) is 11.8. The SMILES string of the molecule is Cc1nc(-c2nc(N3CCOCC3)nc(N3CCOCC3)n2)cs1. The van der Waals surface area contributed by atoms with Gasteiger partial charge in [-0.2, -0.15) is 15.0 Å². The van der Waals surface area contributed by atoms with Crippen LogP contribution in [0.2, 0.25) is 0 Å². The Morgan fingerprint density at radius 1 is 0.833 bits per heavy atom. The lowest BCUT2D eigenvalue weighted by atomic mass is 10.4. The van der Waals surface area contributed by atoms with E-state index in [4.69, 9.17) is 14.5 Å². The molecule has 2 aromatic rings. The van der Waals surface area contributed by atoms with Crippen LogP contribution in [0.4, 0.5) is 11.9 Å². The lowest BCUT2D eigenvalue weighted by Crippen LogP contribution is -2.40. The molecule has 0 unspecified atom stereocenters. The van der Waals surface area contributed by atoms with Gasteiger partial charge in [0.1, 0.15) is 5.69 Å². The van der Waals surface area contributed by atoms with Crippen molar-refractivity contribution in [3.05, 3.63) is 10.4 Å². The van der Waals surface area contributed by atoms with E-state index < -0.39 is 0 Å². The zero-order valence-corrected chi connectivity index (χ0v) is 14.5. The van der Waals surface area contributed by atoms with Gasteiger partial charge in [-0.1, -0.05) is 0 Å². The number of thiazole rings is 1. The molecular weight excluding hydrogens is 328 g/mol. The third kappa shape index (κ3) is 3.33. The first-order valence-corrected chi connectivity index (χ1v) is 9.01. The first kappa shape index (κ1) is 15.7. The highest BCUT2D eigenvalue weighted by Crippen LogP contribution is 2.23. The van der Waals surface area contributed by atoms with Crippen LogP contribution in [0, 0.1) is 6.92 Å². The van der Waals surface area contributed by atoms with Crippen LogP contribution in [0.3, 0.4) is 0 Å². The van der Waals surface area contributed by atoms with Crippen molar-refractivity contribution in [2.24, 2.45) is 0 Å². The molecule has 2 aromatic heterocycles. The molecule has 0 atom stereocenters. The molecule has 2 aliphatic rings. The van der Waals surface area contributed by atoms with E-state index in [0.29, 0.717) is 44.1 Å². The van der Waals surface area contributed by atoms with Crippen molar-refractivity contribution in [2.75, 3.05) is 62.4 Å². The van der Waals surface area contributed by atoms with Gasteiger partial charge in [-0.25, -0.2) is 4.98 Å². The molecule has 0 bridgehead atoms. The minimum absolute atomic E-state index is 0.636. The van der Waals surface area contributed by atoms with E-state index in [1.54, 1.807) is 11.3 Å². The molecule has 0 aromatic carbocycles. The number of nitrogens with zero attached hydrogens (tertiary/aromatic N) is 6. The number of rotatable bonds is 3. The standard InChI is InChI=1S/C15H20N6O2S/c1-11-16-12(10-24-11)13-17-14(20-2-6-22-7-3-20)19-15(18-13)21-4-8-23-9-5-21/h10H,2-9H2,1H3. The average Bonchev–Trinajstić information content (AvgIpc) is 3.09. The molecule has 24 heavy (non-hydrogen) atoms. The van der Waals surface area contributed by atoms with Crippen LogP contribution >= 0.6 is 11.3 Å². The van der Waals surface area contributed by atoms with Crippen molar-refractivity contribution in [1.82, 2.24) is 19.9 Å².